The van der Waals surface area contributed by atoms with Crippen molar-refractivity contribution >= 4 is 34.0 Å². The van der Waals surface area contributed by atoms with Crippen molar-refractivity contribution in [1.29, 1.82) is 0 Å². The minimum Gasteiger partial charge on any atom is -0.481 e. The molecule has 2 fully saturated rings. The molecule has 1 heterocycles. The summed E-state index contributed by atoms with van der Waals surface area (Å²) < 4.78 is 0. The average Bonchev–Trinajstić information content (AvgIpc) is 3.28. The maximum Gasteiger partial charge on any atom is 0.306 e. The van der Waals surface area contributed by atoms with Crippen LogP contribution in [0.4, 0.5) is 10.8 Å². The SMILES string of the molecule is CCCNc1nnc(C(=O)Nc2ccc(C3CCCC4(CCC(C(=O)O)CC4)C3)cc2)s1. The fourth-order valence-corrected chi connectivity index (χ4v) is 5.97. The number of rotatable bonds is 7. The summed E-state index contributed by atoms with van der Waals surface area (Å²) in [6, 6.07) is 8.17. The highest BCUT2D eigenvalue weighted by Crippen LogP contribution is 2.52. The van der Waals surface area contributed by atoms with Gasteiger partial charge >= 0.3 is 5.97 Å². The second kappa shape index (κ2) is 9.98. The van der Waals surface area contributed by atoms with E-state index in [1.807, 2.05) is 12.1 Å². The molecule has 2 aliphatic carbocycles. The molecule has 1 atom stereocenters. The first-order chi connectivity index (χ1) is 15.5. The largest absolute Gasteiger partial charge is 0.481 e. The van der Waals surface area contributed by atoms with Crippen molar-refractivity contribution in [2.45, 2.75) is 70.6 Å². The van der Waals surface area contributed by atoms with E-state index < -0.39 is 5.97 Å². The Kier molecular flexibility index (Phi) is 7.08. The average molecular weight is 457 g/mol. The normalized spacial score (nSPS) is 25.4. The van der Waals surface area contributed by atoms with Gasteiger partial charge in [0.05, 0.1) is 5.92 Å². The van der Waals surface area contributed by atoms with Gasteiger partial charge in [-0.15, -0.1) is 10.2 Å². The van der Waals surface area contributed by atoms with Gasteiger partial charge in [0.25, 0.3) is 5.91 Å². The molecule has 4 rings (SSSR count). The Bertz CT molecular complexity index is 935. The number of nitrogens with one attached hydrogen (secondary N) is 2. The highest BCUT2D eigenvalue weighted by molar-refractivity contribution is 7.17. The van der Waals surface area contributed by atoms with Gasteiger partial charge in [-0.05, 0) is 80.4 Å². The van der Waals surface area contributed by atoms with Crippen molar-refractivity contribution in [2.24, 2.45) is 11.3 Å². The number of benzene rings is 1. The molecule has 1 amide bonds. The molecule has 0 bridgehead atoms. The molecular formula is C24H32N4O3S. The highest BCUT2D eigenvalue weighted by Gasteiger charge is 2.41. The van der Waals surface area contributed by atoms with E-state index in [9.17, 15) is 14.7 Å². The van der Waals surface area contributed by atoms with Gasteiger partial charge in [-0.3, -0.25) is 9.59 Å². The summed E-state index contributed by atoms with van der Waals surface area (Å²) in [5.41, 5.74) is 2.37. The molecule has 1 unspecified atom stereocenters. The minimum absolute atomic E-state index is 0.157. The second-order valence-electron chi connectivity index (χ2n) is 9.32. The lowest BCUT2D eigenvalue weighted by atomic mass is 9.60. The zero-order chi connectivity index (χ0) is 22.6. The number of aliphatic carboxylic acids is 1. The third kappa shape index (κ3) is 5.28. The number of carboxylic acid groups (broad SMARTS) is 1. The Morgan fingerprint density at radius 1 is 1.12 bits per heavy atom. The molecule has 2 saturated carbocycles. The van der Waals surface area contributed by atoms with Gasteiger partial charge in [0.15, 0.2) is 0 Å². The predicted octanol–water partition coefficient (Wildman–Crippen LogP) is 5.53. The van der Waals surface area contributed by atoms with Crippen molar-refractivity contribution in [3.05, 3.63) is 34.8 Å². The van der Waals surface area contributed by atoms with Gasteiger partial charge in [0.2, 0.25) is 10.1 Å². The van der Waals surface area contributed by atoms with E-state index in [4.69, 9.17) is 0 Å². The minimum atomic E-state index is -0.633. The number of carbonyl (C=O) groups is 2. The quantitative estimate of drug-likeness (QED) is 0.506. The first kappa shape index (κ1) is 22.7. The van der Waals surface area contributed by atoms with Crippen LogP contribution >= 0.6 is 11.3 Å². The van der Waals surface area contributed by atoms with E-state index in [0.717, 1.165) is 50.8 Å². The van der Waals surface area contributed by atoms with Crippen LogP contribution in [-0.4, -0.2) is 33.7 Å². The van der Waals surface area contributed by atoms with E-state index in [0.29, 0.717) is 21.5 Å². The number of anilines is 2. The second-order valence-corrected chi connectivity index (χ2v) is 10.3. The number of hydrogen-bond donors (Lipinski definition) is 3. The molecule has 1 aromatic carbocycles. The molecule has 1 aromatic heterocycles. The molecule has 0 radical (unpaired) electrons. The van der Waals surface area contributed by atoms with Crippen molar-refractivity contribution in [1.82, 2.24) is 10.2 Å². The van der Waals surface area contributed by atoms with Crippen LogP contribution in [0.15, 0.2) is 24.3 Å². The molecule has 2 aliphatic rings. The summed E-state index contributed by atoms with van der Waals surface area (Å²) in [6.45, 7) is 2.88. The molecule has 0 saturated heterocycles. The molecule has 2 aromatic rings. The van der Waals surface area contributed by atoms with Crippen molar-refractivity contribution < 1.29 is 14.7 Å². The Morgan fingerprint density at radius 3 is 2.56 bits per heavy atom. The first-order valence-corrected chi connectivity index (χ1v) is 12.5. The summed E-state index contributed by atoms with van der Waals surface area (Å²) in [7, 11) is 0. The summed E-state index contributed by atoms with van der Waals surface area (Å²) in [4.78, 5) is 23.8. The van der Waals surface area contributed by atoms with E-state index in [1.54, 1.807) is 0 Å². The molecular weight excluding hydrogens is 424 g/mol. The topological polar surface area (TPSA) is 104 Å². The van der Waals surface area contributed by atoms with Gasteiger partial charge in [-0.2, -0.15) is 0 Å². The zero-order valence-electron chi connectivity index (χ0n) is 18.6. The molecule has 32 heavy (non-hydrogen) atoms. The van der Waals surface area contributed by atoms with Crippen molar-refractivity contribution in [3.63, 3.8) is 0 Å². The zero-order valence-corrected chi connectivity index (χ0v) is 19.4. The number of nitrogens with zero attached hydrogens (tertiary/aromatic N) is 2. The Hall–Kier alpha value is -2.48. The first-order valence-electron chi connectivity index (χ1n) is 11.7. The Morgan fingerprint density at radius 2 is 1.88 bits per heavy atom. The summed E-state index contributed by atoms with van der Waals surface area (Å²) in [6.07, 6.45) is 9.42. The monoisotopic (exact) mass is 456 g/mol. The molecule has 8 heteroatoms. The third-order valence-electron chi connectivity index (χ3n) is 7.12. The molecule has 3 N–H and O–H groups in total. The number of aromatic nitrogens is 2. The van der Waals surface area contributed by atoms with Crippen LogP contribution in [0.25, 0.3) is 0 Å². The third-order valence-corrected chi connectivity index (χ3v) is 8.00. The predicted molar refractivity (Wildman–Crippen MR) is 126 cm³/mol. The molecule has 172 valence electrons. The van der Waals surface area contributed by atoms with Crippen LogP contribution in [0.3, 0.4) is 0 Å². The fraction of sp³-hybridized carbons (Fsp3) is 0.583. The standard InChI is InChI=1S/C24H32N4O3S/c1-2-14-25-23-28-27-21(32-23)20(29)26-19-7-5-16(6-8-19)18-4-3-11-24(15-18)12-9-17(10-13-24)22(30)31/h5-8,17-18H,2-4,9-15H2,1H3,(H,25,28)(H,26,29)(H,30,31). The van der Waals surface area contributed by atoms with Gasteiger partial charge in [0, 0.05) is 12.2 Å². The summed E-state index contributed by atoms with van der Waals surface area (Å²) in [5.74, 6) is -0.529. The fourth-order valence-electron chi connectivity index (χ4n) is 5.31. The van der Waals surface area contributed by atoms with E-state index in [1.165, 1.54) is 36.2 Å². The van der Waals surface area contributed by atoms with Gasteiger partial charge in [0.1, 0.15) is 0 Å². The van der Waals surface area contributed by atoms with Crippen LogP contribution in [0, 0.1) is 11.3 Å². The van der Waals surface area contributed by atoms with Crippen LogP contribution in [0.2, 0.25) is 0 Å². The Labute approximate surface area is 193 Å². The van der Waals surface area contributed by atoms with Crippen LogP contribution in [-0.2, 0) is 4.79 Å². The number of hydrogen-bond acceptors (Lipinski definition) is 6. The number of carbonyl (C=O) groups excluding carboxylic acids is 1. The maximum atomic E-state index is 12.5. The van der Waals surface area contributed by atoms with Crippen LogP contribution < -0.4 is 10.6 Å². The van der Waals surface area contributed by atoms with Gasteiger partial charge < -0.3 is 15.7 Å². The summed E-state index contributed by atoms with van der Waals surface area (Å²) in [5, 5.41) is 24.4. The van der Waals surface area contributed by atoms with Gasteiger partial charge in [-0.1, -0.05) is 36.8 Å². The van der Waals surface area contributed by atoms with Crippen LogP contribution in [0.5, 0.6) is 0 Å². The van der Waals surface area contributed by atoms with Crippen molar-refractivity contribution in [3.8, 4) is 0 Å². The Balaban J connectivity index is 1.34. The van der Waals surface area contributed by atoms with E-state index in [2.05, 4.69) is 39.9 Å². The van der Waals surface area contributed by atoms with E-state index in [-0.39, 0.29) is 11.8 Å². The number of amides is 1. The van der Waals surface area contributed by atoms with Gasteiger partial charge in [-0.25, -0.2) is 0 Å². The number of carboxylic acids is 1. The summed E-state index contributed by atoms with van der Waals surface area (Å²) >= 11 is 1.26. The lowest BCUT2D eigenvalue weighted by molar-refractivity contribution is -0.143. The molecule has 7 nitrogen and oxygen atoms in total. The molecule has 0 aliphatic heterocycles. The lowest BCUT2D eigenvalue weighted by Gasteiger charge is -2.45. The highest BCUT2D eigenvalue weighted by atomic mass is 32.1. The van der Waals surface area contributed by atoms with Crippen molar-refractivity contribution in [2.75, 3.05) is 17.2 Å². The van der Waals surface area contributed by atoms with E-state index >= 15 is 0 Å². The lowest BCUT2D eigenvalue weighted by Crippen LogP contribution is -2.34. The van der Waals surface area contributed by atoms with Crippen LogP contribution in [0.1, 0.15) is 86.0 Å². The maximum absolute atomic E-state index is 12.5. The smallest absolute Gasteiger partial charge is 0.306 e. The molecule has 1 spiro atoms.